The van der Waals surface area contributed by atoms with Gasteiger partial charge in [-0.25, -0.2) is 0 Å². The first kappa shape index (κ1) is 18.6. The standard InChI is InChI=1S/C18H27NO2S/c1-3-4-5-6-7-8-14-19-18(20)13-15-22-17-11-9-16(21-2)10-12-17/h9-13,15H,3-8,14H2,1-2H3,(H,19,20)/b15-13-. The molecule has 0 radical (unpaired) electrons. The van der Waals surface area contributed by atoms with E-state index < -0.39 is 0 Å². The number of thioether (sulfide) groups is 1. The van der Waals surface area contributed by atoms with Gasteiger partial charge in [0.2, 0.25) is 5.91 Å². The molecule has 0 saturated carbocycles. The van der Waals surface area contributed by atoms with Gasteiger partial charge in [-0.05, 0) is 36.1 Å². The van der Waals surface area contributed by atoms with Gasteiger partial charge in [-0.2, -0.15) is 0 Å². The molecule has 22 heavy (non-hydrogen) atoms. The number of amides is 1. The molecule has 0 aliphatic rings. The van der Waals surface area contributed by atoms with Crippen molar-refractivity contribution in [3.63, 3.8) is 0 Å². The highest BCUT2D eigenvalue weighted by Crippen LogP contribution is 2.21. The van der Waals surface area contributed by atoms with Gasteiger partial charge in [0.25, 0.3) is 0 Å². The molecule has 0 unspecified atom stereocenters. The molecule has 4 heteroatoms. The number of nitrogens with one attached hydrogen (secondary N) is 1. The summed E-state index contributed by atoms with van der Waals surface area (Å²) in [6, 6.07) is 7.77. The van der Waals surface area contributed by atoms with E-state index in [1.165, 1.54) is 43.9 Å². The highest BCUT2D eigenvalue weighted by molar-refractivity contribution is 8.02. The third-order valence-electron chi connectivity index (χ3n) is 3.31. The highest BCUT2D eigenvalue weighted by atomic mass is 32.2. The first-order valence-electron chi connectivity index (χ1n) is 8.01. The zero-order valence-electron chi connectivity index (χ0n) is 13.6. The Balaban J connectivity index is 2.10. The monoisotopic (exact) mass is 321 g/mol. The maximum absolute atomic E-state index is 11.6. The second-order valence-corrected chi connectivity index (χ2v) is 6.13. The molecule has 1 rings (SSSR count). The topological polar surface area (TPSA) is 38.3 Å². The molecule has 0 fully saturated rings. The number of hydrogen-bond acceptors (Lipinski definition) is 3. The van der Waals surface area contributed by atoms with Gasteiger partial charge in [0.05, 0.1) is 7.11 Å². The third-order valence-corrected chi connectivity index (χ3v) is 4.13. The molecule has 1 aromatic rings. The number of unbranched alkanes of at least 4 members (excludes halogenated alkanes) is 5. The average molecular weight is 321 g/mol. The molecule has 0 aromatic heterocycles. The van der Waals surface area contributed by atoms with E-state index in [0.29, 0.717) is 0 Å². The summed E-state index contributed by atoms with van der Waals surface area (Å²) in [6.45, 7) is 2.99. The van der Waals surface area contributed by atoms with Crippen LogP contribution >= 0.6 is 11.8 Å². The number of carbonyl (C=O) groups excluding carboxylic acids is 1. The van der Waals surface area contributed by atoms with Gasteiger partial charge in [-0.3, -0.25) is 4.79 Å². The van der Waals surface area contributed by atoms with Crippen LogP contribution in [0.1, 0.15) is 45.4 Å². The normalized spacial score (nSPS) is 10.8. The van der Waals surface area contributed by atoms with Crippen LogP contribution in [0.4, 0.5) is 0 Å². The van der Waals surface area contributed by atoms with Crippen LogP contribution in [0.2, 0.25) is 0 Å². The Morgan fingerprint density at radius 1 is 1.14 bits per heavy atom. The molecule has 0 heterocycles. The van der Waals surface area contributed by atoms with Gasteiger partial charge >= 0.3 is 0 Å². The summed E-state index contributed by atoms with van der Waals surface area (Å²) in [6.07, 6.45) is 9.02. The molecule has 0 aliphatic heterocycles. The third kappa shape index (κ3) is 8.78. The summed E-state index contributed by atoms with van der Waals surface area (Å²) in [5.74, 6) is 0.819. The van der Waals surface area contributed by atoms with Crippen molar-refractivity contribution in [3.8, 4) is 5.75 Å². The SMILES string of the molecule is CCCCCCCCNC(=O)/C=C\Sc1ccc(OC)cc1. The number of methoxy groups -OCH3 is 1. The van der Waals surface area contributed by atoms with Crippen LogP contribution < -0.4 is 10.1 Å². The number of hydrogen-bond donors (Lipinski definition) is 1. The summed E-state index contributed by atoms with van der Waals surface area (Å²) < 4.78 is 5.11. The van der Waals surface area contributed by atoms with E-state index in [2.05, 4.69) is 12.2 Å². The van der Waals surface area contributed by atoms with Crippen molar-refractivity contribution < 1.29 is 9.53 Å². The fourth-order valence-electron chi connectivity index (χ4n) is 2.00. The van der Waals surface area contributed by atoms with Crippen molar-refractivity contribution in [2.24, 2.45) is 0 Å². The lowest BCUT2D eigenvalue weighted by Crippen LogP contribution is -2.21. The van der Waals surface area contributed by atoms with E-state index in [4.69, 9.17) is 4.74 Å². The summed E-state index contributed by atoms with van der Waals surface area (Å²) in [4.78, 5) is 12.7. The quantitative estimate of drug-likeness (QED) is 0.362. The number of ether oxygens (including phenoxy) is 1. The minimum absolute atomic E-state index is 0.0189. The lowest BCUT2D eigenvalue weighted by atomic mass is 10.1. The zero-order valence-corrected chi connectivity index (χ0v) is 14.5. The van der Waals surface area contributed by atoms with Gasteiger partial charge in [0.15, 0.2) is 0 Å². The van der Waals surface area contributed by atoms with Gasteiger partial charge in [0.1, 0.15) is 5.75 Å². The van der Waals surface area contributed by atoms with Crippen molar-refractivity contribution in [2.75, 3.05) is 13.7 Å². The zero-order chi connectivity index (χ0) is 16.0. The van der Waals surface area contributed by atoms with Gasteiger partial charge in [-0.1, -0.05) is 50.8 Å². The Labute approximate surface area is 138 Å². The first-order valence-corrected chi connectivity index (χ1v) is 8.89. The smallest absolute Gasteiger partial charge is 0.244 e. The fourth-order valence-corrected chi connectivity index (χ4v) is 2.65. The summed E-state index contributed by atoms with van der Waals surface area (Å²) >= 11 is 1.52. The summed E-state index contributed by atoms with van der Waals surface area (Å²) in [5, 5.41) is 4.74. The Morgan fingerprint density at radius 3 is 2.50 bits per heavy atom. The maximum Gasteiger partial charge on any atom is 0.244 e. The number of carbonyl (C=O) groups is 1. The predicted molar refractivity (Wildman–Crippen MR) is 94.4 cm³/mol. The van der Waals surface area contributed by atoms with Gasteiger partial charge in [0, 0.05) is 17.5 Å². The summed E-state index contributed by atoms with van der Waals surface area (Å²) in [5.41, 5.74) is 0. The van der Waals surface area contributed by atoms with Crippen LogP contribution in [0.15, 0.2) is 40.6 Å². The molecule has 1 N–H and O–H groups in total. The van der Waals surface area contributed by atoms with Crippen molar-refractivity contribution in [2.45, 2.75) is 50.3 Å². The second kappa shape index (κ2) is 12.2. The van der Waals surface area contributed by atoms with Crippen LogP contribution in [0.3, 0.4) is 0 Å². The molecular weight excluding hydrogens is 294 g/mol. The Morgan fingerprint density at radius 2 is 1.82 bits per heavy atom. The van der Waals surface area contributed by atoms with Crippen LogP contribution in [0, 0.1) is 0 Å². The predicted octanol–water partition coefficient (Wildman–Crippen LogP) is 4.78. The molecule has 0 bridgehead atoms. The van der Waals surface area contributed by atoms with E-state index in [0.717, 1.165) is 23.6 Å². The minimum atomic E-state index is -0.0189. The van der Waals surface area contributed by atoms with Crippen molar-refractivity contribution in [1.29, 1.82) is 0 Å². The second-order valence-electron chi connectivity index (χ2n) is 5.15. The molecule has 1 amide bonds. The Hall–Kier alpha value is -1.42. The minimum Gasteiger partial charge on any atom is -0.497 e. The van der Waals surface area contributed by atoms with E-state index >= 15 is 0 Å². The van der Waals surface area contributed by atoms with Crippen molar-refractivity contribution >= 4 is 17.7 Å². The molecule has 3 nitrogen and oxygen atoms in total. The molecule has 122 valence electrons. The molecule has 0 aliphatic carbocycles. The molecule has 0 spiro atoms. The van der Waals surface area contributed by atoms with E-state index in [-0.39, 0.29) is 5.91 Å². The maximum atomic E-state index is 11.6. The van der Waals surface area contributed by atoms with Crippen LogP contribution in [-0.2, 0) is 4.79 Å². The molecule has 0 saturated heterocycles. The fraction of sp³-hybridized carbons (Fsp3) is 0.500. The van der Waals surface area contributed by atoms with Crippen molar-refractivity contribution in [3.05, 3.63) is 35.7 Å². The summed E-state index contributed by atoms with van der Waals surface area (Å²) in [7, 11) is 1.65. The number of benzene rings is 1. The lowest BCUT2D eigenvalue weighted by Gasteiger charge is -2.02. The van der Waals surface area contributed by atoms with Crippen LogP contribution in [-0.4, -0.2) is 19.6 Å². The Bertz CT molecular complexity index is 443. The van der Waals surface area contributed by atoms with Crippen LogP contribution in [0.25, 0.3) is 0 Å². The van der Waals surface area contributed by atoms with E-state index in [1.54, 1.807) is 13.2 Å². The van der Waals surface area contributed by atoms with Crippen molar-refractivity contribution in [1.82, 2.24) is 5.32 Å². The van der Waals surface area contributed by atoms with E-state index in [1.807, 2.05) is 29.7 Å². The van der Waals surface area contributed by atoms with Gasteiger partial charge < -0.3 is 10.1 Å². The largest absolute Gasteiger partial charge is 0.497 e. The molecule has 0 atom stereocenters. The highest BCUT2D eigenvalue weighted by Gasteiger charge is 1.96. The van der Waals surface area contributed by atoms with Gasteiger partial charge in [-0.15, -0.1) is 0 Å². The Kier molecular flexibility index (Phi) is 10.3. The number of rotatable bonds is 11. The lowest BCUT2D eigenvalue weighted by molar-refractivity contribution is -0.116. The van der Waals surface area contributed by atoms with E-state index in [9.17, 15) is 4.79 Å². The average Bonchev–Trinajstić information content (AvgIpc) is 2.54. The molecular formula is C18H27NO2S. The molecule has 1 aromatic carbocycles. The first-order chi connectivity index (χ1) is 10.8. The van der Waals surface area contributed by atoms with Crippen LogP contribution in [0.5, 0.6) is 5.75 Å².